The third-order valence-electron chi connectivity index (χ3n) is 7.24. The Morgan fingerprint density at radius 3 is 2.54 bits per heavy atom. The van der Waals surface area contributed by atoms with Crippen LogP contribution in [0, 0.1) is 5.92 Å². The number of ether oxygens (including phenoxy) is 1. The van der Waals surface area contributed by atoms with Crippen LogP contribution in [0.1, 0.15) is 71.8 Å². The molecule has 1 aromatic heterocycles. The van der Waals surface area contributed by atoms with Crippen molar-refractivity contribution >= 4 is 51.6 Å². The molecule has 2 aliphatic carbocycles. The molecule has 1 fully saturated rings. The smallest absolute Gasteiger partial charge is 0.341 e. The topological polar surface area (TPSA) is 84.5 Å². The van der Waals surface area contributed by atoms with E-state index < -0.39 is 0 Å². The highest BCUT2D eigenvalue weighted by molar-refractivity contribution is 8.00. The van der Waals surface area contributed by atoms with Crippen molar-refractivity contribution in [2.75, 3.05) is 17.2 Å². The van der Waals surface area contributed by atoms with Crippen LogP contribution in [0.15, 0.2) is 59.5 Å². The number of thioether (sulfide) groups is 1. The summed E-state index contributed by atoms with van der Waals surface area (Å²) < 4.78 is 5.41. The molecule has 6 nitrogen and oxygen atoms in total. The molecular formula is C31H34N2O4S2. The lowest BCUT2D eigenvalue weighted by Crippen LogP contribution is -2.25. The minimum Gasteiger partial charge on any atom is -0.462 e. The van der Waals surface area contributed by atoms with Gasteiger partial charge in [0.25, 0.3) is 0 Å². The number of carbonyl (C=O) groups excluding carboxylic acids is 3. The summed E-state index contributed by atoms with van der Waals surface area (Å²) in [5, 5.41) is 6.30. The van der Waals surface area contributed by atoms with E-state index in [9.17, 15) is 14.4 Å². The summed E-state index contributed by atoms with van der Waals surface area (Å²) in [5.74, 6) is 0.0674. The molecule has 2 unspecified atom stereocenters. The SMILES string of the molecule is CCOC(=O)c1c(NC(=O)C(CC)Sc2cccc(NC(=O)C3CC3)c2)sc2c1CCC(c1ccccc1)C2. The van der Waals surface area contributed by atoms with Crippen molar-refractivity contribution in [2.24, 2.45) is 5.92 Å². The van der Waals surface area contributed by atoms with Gasteiger partial charge < -0.3 is 15.4 Å². The van der Waals surface area contributed by atoms with Gasteiger partial charge in [-0.2, -0.15) is 0 Å². The molecule has 2 atom stereocenters. The first-order chi connectivity index (χ1) is 19.0. The molecule has 2 amide bonds. The lowest BCUT2D eigenvalue weighted by Gasteiger charge is -2.23. The summed E-state index contributed by atoms with van der Waals surface area (Å²) in [6, 6.07) is 18.1. The number of fused-ring (bicyclic) bond motifs is 1. The summed E-state index contributed by atoms with van der Waals surface area (Å²) in [6.45, 7) is 4.06. The third-order valence-corrected chi connectivity index (χ3v) is 9.77. The minimum atomic E-state index is -0.372. The molecule has 2 N–H and O–H groups in total. The van der Waals surface area contributed by atoms with Crippen LogP contribution >= 0.6 is 23.1 Å². The molecule has 8 heteroatoms. The van der Waals surface area contributed by atoms with E-state index in [1.165, 1.54) is 28.7 Å². The molecule has 0 spiro atoms. The standard InChI is InChI=1S/C31H34N2O4S2/c1-3-25(38-23-12-8-11-22(18-23)32-28(34)20-13-14-20)29(35)33-30-27(31(36)37-4-2)24-16-15-21(17-26(24)39-30)19-9-6-5-7-10-19/h5-12,18,20-21,25H,3-4,13-17H2,1-2H3,(H,32,34)(H,33,35). The minimum absolute atomic E-state index is 0.0598. The quantitative estimate of drug-likeness (QED) is 0.204. The largest absolute Gasteiger partial charge is 0.462 e. The van der Waals surface area contributed by atoms with E-state index in [2.05, 4.69) is 34.9 Å². The first-order valence-electron chi connectivity index (χ1n) is 13.7. The van der Waals surface area contributed by atoms with Gasteiger partial charge in [-0.3, -0.25) is 9.59 Å². The van der Waals surface area contributed by atoms with Crippen LogP contribution < -0.4 is 10.6 Å². The van der Waals surface area contributed by atoms with Crippen molar-refractivity contribution in [3.63, 3.8) is 0 Å². The number of benzene rings is 2. The first kappa shape index (κ1) is 27.5. The van der Waals surface area contributed by atoms with E-state index in [0.29, 0.717) is 22.9 Å². The second-order valence-corrected chi connectivity index (χ2v) is 12.5. The summed E-state index contributed by atoms with van der Waals surface area (Å²) >= 11 is 2.97. The number of hydrogen-bond donors (Lipinski definition) is 2. The summed E-state index contributed by atoms with van der Waals surface area (Å²) in [4.78, 5) is 40.8. The molecule has 0 aliphatic heterocycles. The highest BCUT2D eigenvalue weighted by Crippen LogP contribution is 2.43. The second-order valence-electron chi connectivity index (χ2n) is 10.1. The van der Waals surface area contributed by atoms with E-state index in [1.54, 1.807) is 6.92 Å². The second kappa shape index (κ2) is 12.4. The van der Waals surface area contributed by atoms with Gasteiger partial charge in [0.05, 0.1) is 17.4 Å². The van der Waals surface area contributed by atoms with Crippen molar-refractivity contribution in [3.05, 3.63) is 76.2 Å². The normalized spacial score (nSPS) is 17.1. The van der Waals surface area contributed by atoms with E-state index >= 15 is 0 Å². The van der Waals surface area contributed by atoms with E-state index in [4.69, 9.17) is 4.74 Å². The van der Waals surface area contributed by atoms with Crippen LogP contribution in [0.2, 0.25) is 0 Å². The molecule has 3 aromatic rings. The fraction of sp³-hybridized carbons (Fsp3) is 0.387. The number of hydrogen-bond acceptors (Lipinski definition) is 6. The fourth-order valence-electron chi connectivity index (χ4n) is 5.02. The molecule has 2 aliphatic rings. The van der Waals surface area contributed by atoms with Gasteiger partial charge in [-0.25, -0.2) is 4.79 Å². The molecule has 5 rings (SSSR count). The molecule has 0 radical (unpaired) electrons. The zero-order chi connectivity index (χ0) is 27.4. The summed E-state index contributed by atoms with van der Waals surface area (Å²) in [7, 11) is 0. The van der Waals surface area contributed by atoms with Crippen molar-refractivity contribution in [1.29, 1.82) is 0 Å². The van der Waals surface area contributed by atoms with Crippen molar-refractivity contribution < 1.29 is 19.1 Å². The van der Waals surface area contributed by atoms with Crippen molar-refractivity contribution in [3.8, 4) is 0 Å². The fourth-order valence-corrected chi connectivity index (χ4v) is 7.35. The predicted octanol–water partition coefficient (Wildman–Crippen LogP) is 7.06. The van der Waals surface area contributed by atoms with Gasteiger partial charge in [0.15, 0.2) is 0 Å². The number of amides is 2. The lowest BCUT2D eigenvalue weighted by molar-refractivity contribution is -0.117. The number of thiophene rings is 1. The summed E-state index contributed by atoms with van der Waals surface area (Å²) in [5.41, 5.74) is 3.58. The first-order valence-corrected chi connectivity index (χ1v) is 15.4. The van der Waals surface area contributed by atoms with Gasteiger partial charge >= 0.3 is 5.97 Å². The van der Waals surface area contributed by atoms with Gasteiger partial charge in [-0.05, 0) is 80.7 Å². The van der Waals surface area contributed by atoms with Gasteiger partial charge in [-0.15, -0.1) is 23.1 Å². The van der Waals surface area contributed by atoms with Crippen LogP contribution in [0.5, 0.6) is 0 Å². The number of carbonyl (C=O) groups is 3. The maximum Gasteiger partial charge on any atom is 0.341 e. The third kappa shape index (κ3) is 6.56. The molecule has 2 aromatic carbocycles. The number of anilines is 2. The lowest BCUT2D eigenvalue weighted by atomic mass is 9.83. The van der Waals surface area contributed by atoms with E-state index in [0.717, 1.165) is 53.1 Å². The highest BCUT2D eigenvalue weighted by Gasteiger charge is 2.32. The van der Waals surface area contributed by atoms with Crippen LogP contribution in [0.4, 0.5) is 10.7 Å². The van der Waals surface area contributed by atoms with Gasteiger partial charge in [0.2, 0.25) is 11.8 Å². The number of rotatable bonds is 10. The molecule has 0 bridgehead atoms. The monoisotopic (exact) mass is 562 g/mol. The van der Waals surface area contributed by atoms with Crippen LogP contribution in [-0.4, -0.2) is 29.6 Å². The highest BCUT2D eigenvalue weighted by atomic mass is 32.2. The summed E-state index contributed by atoms with van der Waals surface area (Å²) in [6.07, 6.45) is 5.09. The Balaban J connectivity index is 1.33. The van der Waals surface area contributed by atoms with Gasteiger partial charge in [0, 0.05) is 21.4 Å². The maximum atomic E-state index is 13.5. The Bertz CT molecular complexity index is 1350. The zero-order valence-corrected chi connectivity index (χ0v) is 24.0. The Morgan fingerprint density at radius 2 is 1.82 bits per heavy atom. The van der Waals surface area contributed by atoms with Crippen molar-refractivity contribution in [1.82, 2.24) is 0 Å². The Labute approximate surface area is 237 Å². The van der Waals surface area contributed by atoms with Crippen LogP contribution in [0.3, 0.4) is 0 Å². The zero-order valence-electron chi connectivity index (χ0n) is 22.3. The van der Waals surface area contributed by atoms with Gasteiger partial charge in [0.1, 0.15) is 5.00 Å². The maximum absolute atomic E-state index is 13.5. The Hall–Kier alpha value is -3.10. The Kier molecular flexibility index (Phi) is 8.72. The molecule has 39 heavy (non-hydrogen) atoms. The molecule has 1 heterocycles. The van der Waals surface area contributed by atoms with Crippen molar-refractivity contribution in [2.45, 2.75) is 68.4 Å². The average molecular weight is 563 g/mol. The predicted molar refractivity (Wildman–Crippen MR) is 158 cm³/mol. The van der Waals surface area contributed by atoms with Gasteiger partial charge in [-0.1, -0.05) is 43.3 Å². The molecular weight excluding hydrogens is 528 g/mol. The molecule has 204 valence electrons. The Morgan fingerprint density at radius 1 is 1.03 bits per heavy atom. The van der Waals surface area contributed by atoms with Crippen LogP contribution in [-0.2, 0) is 27.2 Å². The van der Waals surface area contributed by atoms with E-state index in [-0.39, 0.29) is 35.6 Å². The average Bonchev–Trinajstić information content (AvgIpc) is 3.74. The molecule has 0 saturated heterocycles. The number of nitrogens with one attached hydrogen (secondary N) is 2. The molecule has 1 saturated carbocycles. The number of esters is 1. The van der Waals surface area contributed by atoms with E-state index in [1.807, 2.05) is 37.3 Å². The van der Waals surface area contributed by atoms with Crippen LogP contribution in [0.25, 0.3) is 0 Å².